The van der Waals surface area contributed by atoms with Gasteiger partial charge in [-0.15, -0.1) is 11.3 Å². The summed E-state index contributed by atoms with van der Waals surface area (Å²) in [6.07, 6.45) is 0.316. The van der Waals surface area contributed by atoms with Gasteiger partial charge in [0.15, 0.2) is 5.76 Å². The van der Waals surface area contributed by atoms with Gasteiger partial charge in [0.1, 0.15) is 11.4 Å². The molecular formula is C20H24F2N2O5SSi. The van der Waals surface area contributed by atoms with Crippen molar-refractivity contribution < 1.29 is 27.8 Å². The van der Waals surface area contributed by atoms with E-state index in [-0.39, 0.29) is 16.9 Å². The largest absolute Gasteiger partial charge is 0.423 e. The van der Waals surface area contributed by atoms with E-state index in [2.05, 4.69) is 24.7 Å². The number of aromatic nitrogens is 2. The Bertz CT molecular complexity index is 1150. The smallest absolute Gasteiger partial charge is 0.354 e. The van der Waals surface area contributed by atoms with Gasteiger partial charge in [-0.2, -0.15) is 5.10 Å². The average molecular weight is 471 g/mol. The van der Waals surface area contributed by atoms with E-state index < -0.39 is 38.1 Å². The minimum absolute atomic E-state index is 0.0228. The molecule has 3 aromatic heterocycles. The van der Waals surface area contributed by atoms with Crippen molar-refractivity contribution >= 4 is 29.5 Å². The first-order valence-electron chi connectivity index (χ1n) is 9.87. The molecule has 168 valence electrons. The summed E-state index contributed by atoms with van der Waals surface area (Å²) in [5.74, 6) is -0.415. The second-order valence-electron chi connectivity index (χ2n) is 8.88. The molecule has 0 bridgehead atoms. The molecular weight excluding hydrogens is 446 g/mol. The van der Waals surface area contributed by atoms with Crippen LogP contribution in [0, 0.1) is 0 Å². The number of ether oxygens (including phenoxy) is 2. The molecule has 1 aliphatic rings. The number of hydrogen-bond acceptors (Lipinski definition) is 7. The molecule has 1 unspecified atom stereocenters. The molecule has 0 amide bonds. The monoisotopic (exact) mass is 470 g/mol. The molecule has 1 N–H and O–H groups in total. The second kappa shape index (κ2) is 8.21. The van der Waals surface area contributed by atoms with Crippen LogP contribution >= 0.6 is 11.3 Å². The summed E-state index contributed by atoms with van der Waals surface area (Å²) in [5.41, 5.74) is -2.36. The van der Waals surface area contributed by atoms with E-state index in [0.717, 1.165) is 16.5 Å². The summed E-state index contributed by atoms with van der Waals surface area (Å²) in [4.78, 5) is 13.2. The first kappa shape index (κ1) is 22.3. The Balaban J connectivity index is 1.62. The van der Waals surface area contributed by atoms with Gasteiger partial charge in [0.2, 0.25) is 5.60 Å². The Morgan fingerprint density at radius 2 is 2.19 bits per heavy atom. The van der Waals surface area contributed by atoms with Crippen molar-refractivity contribution in [2.75, 3.05) is 13.2 Å². The van der Waals surface area contributed by atoms with Crippen molar-refractivity contribution in [1.82, 2.24) is 9.78 Å². The zero-order valence-electron chi connectivity index (χ0n) is 17.5. The molecule has 1 aliphatic heterocycles. The highest BCUT2D eigenvalue weighted by Gasteiger charge is 2.47. The zero-order valence-corrected chi connectivity index (χ0v) is 19.3. The van der Waals surface area contributed by atoms with Crippen molar-refractivity contribution in [2.24, 2.45) is 0 Å². The molecule has 0 aromatic carbocycles. The van der Waals surface area contributed by atoms with Gasteiger partial charge in [-0.3, -0.25) is 0 Å². The summed E-state index contributed by atoms with van der Waals surface area (Å²) >= 11 is 1.18. The second-order valence-corrected chi connectivity index (χ2v) is 15.6. The number of nitrogens with zero attached hydrogens (tertiary/aromatic N) is 2. The van der Waals surface area contributed by atoms with Gasteiger partial charge >= 0.3 is 5.63 Å². The molecule has 7 nitrogen and oxygen atoms in total. The van der Waals surface area contributed by atoms with Gasteiger partial charge < -0.3 is 19.0 Å². The number of alkyl halides is 2. The van der Waals surface area contributed by atoms with Crippen LogP contribution in [-0.4, -0.2) is 42.6 Å². The van der Waals surface area contributed by atoms with E-state index in [1.54, 1.807) is 23.1 Å². The molecule has 3 aromatic rings. The summed E-state index contributed by atoms with van der Waals surface area (Å²) in [7, 11) is -1.16. The number of thiophene rings is 1. The van der Waals surface area contributed by atoms with Crippen LogP contribution in [0.5, 0.6) is 0 Å². The molecule has 31 heavy (non-hydrogen) atoms. The van der Waals surface area contributed by atoms with Crippen molar-refractivity contribution in [1.29, 1.82) is 0 Å². The van der Waals surface area contributed by atoms with Crippen LogP contribution < -0.4 is 5.63 Å². The maximum atomic E-state index is 13.5. The van der Waals surface area contributed by atoms with Gasteiger partial charge in [-0.25, -0.2) is 18.3 Å². The molecule has 4 rings (SSSR count). The fourth-order valence-corrected chi connectivity index (χ4v) is 5.15. The van der Waals surface area contributed by atoms with Crippen LogP contribution in [0.3, 0.4) is 0 Å². The summed E-state index contributed by atoms with van der Waals surface area (Å²) in [6.45, 7) is 7.19. The van der Waals surface area contributed by atoms with Crippen molar-refractivity contribution in [3.8, 4) is 10.4 Å². The van der Waals surface area contributed by atoms with Crippen molar-refractivity contribution in [3.63, 3.8) is 0 Å². The minimum atomic E-state index is -3.15. The Kier molecular flexibility index (Phi) is 5.90. The highest BCUT2D eigenvalue weighted by atomic mass is 32.1. The quantitative estimate of drug-likeness (QED) is 0.415. The Morgan fingerprint density at radius 3 is 2.90 bits per heavy atom. The van der Waals surface area contributed by atoms with E-state index in [9.17, 15) is 18.7 Å². The molecule has 0 saturated carbocycles. The Morgan fingerprint density at radius 1 is 1.42 bits per heavy atom. The maximum Gasteiger partial charge on any atom is 0.354 e. The van der Waals surface area contributed by atoms with Crippen LogP contribution in [-0.2, 0) is 28.4 Å². The fraction of sp³-hybridized carbons (Fsp3) is 0.500. The number of halogens is 2. The predicted octanol–water partition coefficient (Wildman–Crippen LogP) is 4.01. The van der Waals surface area contributed by atoms with Crippen molar-refractivity contribution in [2.45, 2.75) is 51.0 Å². The molecule has 1 atom stereocenters. The Hall–Kier alpha value is -1.92. The molecule has 11 heteroatoms. The summed E-state index contributed by atoms with van der Waals surface area (Å²) in [6, 6.07) is 2.79. The third-order valence-corrected chi connectivity index (χ3v) is 8.04. The Labute approximate surface area is 182 Å². The van der Waals surface area contributed by atoms with E-state index >= 15 is 0 Å². The van der Waals surface area contributed by atoms with E-state index in [4.69, 9.17) is 13.9 Å². The summed E-state index contributed by atoms with van der Waals surface area (Å²) < 4.78 is 44.9. The number of aliphatic hydroxyl groups is 1. The maximum absolute atomic E-state index is 13.5. The number of rotatable bonds is 7. The third-order valence-electron chi connectivity index (χ3n) is 5.17. The standard InChI is InChI=1S/C20H24F2N2O5SSi/c1-31(2,3)5-4-27-11-24-8-12(7-23-24)15-6-13-14-9-28-10-20(26,19(21)22)17(14)29-18(25)16(13)30-15/h6-8,19,26H,4-5,9-11H2,1-3H3. The first-order valence-corrected chi connectivity index (χ1v) is 14.4. The number of hydrogen-bond donors (Lipinski definition) is 1. The van der Waals surface area contributed by atoms with Gasteiger partial charge in [0.25, 0.3) is 6.43 Å². The van der Waals surface area contributed by atoms with Gasteiger partial charge in [-0.1, -0.05) is 19.6 Å². The van der Waals surface area contributed by atoms with E-state index in [1.807, 2.05) is 0 Å². The topological polar surface area (TPSA) is 86.7 Å². The lowest BCUT2D eigenvalue weighted by atomic mass is 9.94. The lowest BCUT2D eigenvalue weighted by Gasteiger charge is -2.31. The third kappa shape index (κ3) is 4.37. The van der Waals surface area contributed by atoms with Gasteiger partial charge in [0, 0.05) is 42.3 Å². The van der Waals surface area contributed by atoms with Gasteiger partial charge in [-0.05, 0) is 12.1 Å². The molecule has 0 fully saturated rings. The molecule has 0 saturated heterocycles. The average Bonchev–Trinajstić information content (AvgIpc) is 3.33. The first-order chi connectivity index (χ1) is 14.6. The van der Waals surface area contributed by atoms with Crippen LogP contribution in [0.2, 0.25) is 25.7 Å². The molecule has 0 aliphatic carbocycles. The minimum Gasteiger partial charge on any atom is -0.423 e. The SMILES string of the molecule is C[Si](C)(C)CCOCn1cc(-c2cc3c4c(oc(=O)c3s2)C(O)(C(F)F)COC4)cn1. The fourth-order valence-electron chi connectivity index (χ4n) is 3.36. The molecule has 0 radical (unpaired) electrons. The van der Waals surface area contributed by atoms with Crippen LogP contribution in [0.4, 0.5) is 8.78 Å². The van der Waals surface area contributed by atoms with E-state index in [0.29, 0.717) is 18.7 Å². The molecule has 0 spiro atoms. The summed E-state index contributed by atoms with van der Waals surface area (Å²) in [5, 5.41) is 15.1. The van der Waals surface area contributed by atoms with E-state index in [1.165, 1.54) is 11.3 Å². The highest BCUT2D eigenvalue weighted by Crippen LogP contribution is 2.41. The predicted molar refractivity (Wildman–Crippen MR) is 115 cm³/mol. The normalized spacial score (nSPS) is 19.3. The van der Waals surface area contributed by atoms with Crippen molar-refractivity contribution in [3.05, 3.63) is 40.2 Å². The lowest BCUT2D eigenvalue weighted by molar-refractivity contribution is -0.168. The van der Waals surface area contributed by atoms with Crippen LogP contribution in [0.15, 0.2) is 27.7 Å². The lowest BCUT2D eigenvalue weighted by Crippen LogP contribution is -2.43. The van der Waals surface area contributed by atoms with Crippen LogP contribution in [0.25, 0.3) is 20.5 Å². The number of fused-ring (bicyclic) bond motifs is 3. The zero-order chi connectivity index (χ0) is 22.4. The van der Waals surface area contributed by atoms with Gasteiger partial charge in [0.05, 0.1) is 19.4 Å². The van der Waals surface area contributed by atoms with Crippen LogP contribution in [0.1, 0.15) is 11.3 Å². The highest BCUT2D eigenvalue weighted by molar-refractivity contribution is 7.22. The molecule has 4 heterocycles.